The molecule has 1 rings (SSSR count). The van der Waals surface area contributed by atoms with Crippen molar-refractivity contribution in [1.29, 1.82) is 0 Å². The molecule has 0 spiro atoms. The molecule has 0 saturated carbocycles. The Balaban J connectivity index is 3.25. The summed E-state index contributed by atoms with van der Waals surface area (Å²) in [5.41, 5.74) is 1.46. The quantitative estimate of drug-likeness (QED) is 0.506. The van der Waals surface area contributed by atoms with E-state index in [2.05, 4.69) is 38.6 Å². The third kappa shape index (κ3) is 6.64. The van der Waals surface area contributed by atoms with Gasteiger partial charge in [-0.3, -0.25) is 4.79 Å². The Morgan fingerprint density at radius 3 is 1.90 bits per heavy atom. The smallest absolute Gasteiger partial charge is 0.310 e. The average molecular weight is 458 g/mol. The topological polar surface area (TPSA) is 92.7 Å². The van der Waals surface area contributed by atoms with E-state index in [9.17, 15) is 18.3 Å². The number of nitrogens with one attached hydrogen (secondary N) is 1. The van der Waals surface area contributed by atoms with Crippen LogP contribution in [0.3, 0.4) is 0 Å². The van der Waals surface area contributed by atoms with Gasteiger partial charge in [-0.25, -0.2) is 13.1 Å². The number of aliphatic carboxylic acids is 1. The first-order valence-corrected chi connectivity index (χ1v) is 14.8. The summed E-state index contributed by atoms with van der Waals surface area (Å²) >= 11 is 0. The number of sulfonamides is 1. The molecule has 0 radical (unpaired) electrons. The number of carbonyl (C=O) groups is 1. The molecule has 0 aliphatic heterocycles. The summed E-state index contributed by atoms with van der Waals surface area (Å²) in [7, 11) is -5.69. The van der Waals surface area contributed by atoms with Crippen LogP contribution in [0.4, 0.5) is 0 Å². The summed E-state index contributed by atoms with van der Waals surface area (Å²) in [4.78, 5) is 11.4. The molecule has 1 unspecified atom stereocenters. The van der Waals surface area contributed by atoms with Crippen LogP contribution in [0.1, 0.15) is 78.0 Å². The minimum Gasteiger partial charge on any atom is -0.481 e. The number of hydrogen-bond acceptors (Lipinski definition) is 4. The monoisotopic (exact) mass is 457 g/mol. The first-order chi connectivity index (χ1) is 13.4. The Morgan fingerprint density at radius 2 is 1.53 bits per heavy atom. The molecule has 8 heteroatoms. The molecule has 0 amide bonds. The molecule has 0 saturated heterocycles. The molecule has 0 aliphatic carbocycles. The van der Waals surface area contributed by atoms with E-state index >= 15 is 0 Å². The summed E-state index contributed by atoms with van der Waals surface area (Å²) in [6.45, 7) is 17.7. The van der Waals surface area contributed by atoms with Gasteiger partial charge in [0.05, 0.1) is 23.3 Å². The highest BCUT2D eigenvalue weighted by Crippen LogP contribution is 2.37. The fourth-order valence-electron chi connectivity index (χ4n) is 2.58. The van der Waals surface area contributed by atoms with Crippen LogP contribution < -0.4 is 4.72 Å². The number of benzene rings is 1. The van der Waals surface area contributed by atoms with Gasteiger partial charge in [0.25, 0.3) is 0 Å². The molecule has 30 heavy (non-hydrogen) atoms. The van der Waals surface area contributed by atoms with Crippen molar-refractivity contribution in [3.63, 3.8) is 0 Å². The summed E-state index contributed by atoms with van der Waals surface area (Å²) in [6.07, 6.45) is 0.489. The molecule has 1 aromatic carbocycles. The zero-order valence-corrected chi connectivity index (χ0v) is 21.7. The standard InChI is InChI=1S/C22H39NO5SSi/c1-10-18(20(24)25)16-11-13-17(14-12-16)19(23-29(26,27)21(2,3)4)15-28-30(8,9)22(5,6)7/h11-14,18-19,23H,10,15H2,1-9H3,(H,24,25)/t18?,19-/m1/s1. The van der Waals surface area contributed by atoms with E-state index < -0.39 is 41.0 Å². The predicted octanol–water partition coefficient (Wildman–Crippen LogP) is 5.05. The summed E-state index contributed by atoms with van der Waals surface area (Å²) < 4.78 is 33.8. The maximum Gasteiger partial charge on any atom is 0.310 e. The minimum atomic E-state index is -3.60. The first-order valence-electron chi connectivity index (χ1n) is 10.4. The summed E-state index contributed by atoms with van der Waals surface area (Å²) in [6, 6.07) is 6.57. The van der Waals surface area contributed by atoms with Crippen molar-refractivity contribution >= 4 is 24.3 Å². The van der Waals surface area contributed by atoms with Crippen LogP contribution in [-0.2, 0) is 19.2 Å². The third-order valence-corrected chi connectivity index (χ3v) is 12.7. The van der Waals surface area contributed by atoms with E-state index in [1.807, 2.05) is 6.92 Å². The lowest BCUT2D eigenvalue weighted by Crippen LogP contribution is -2.46. The van der Waals surface area contributed by atoms with Crippen LogP contribution in [-0.4, -0.2) is 39.2 Å². The number of carboxylic acid groups (broad SMARTS) is 1. The van der Waals surface area contributed by atoms with Crippen LogP contribution in [0.15, 0.2) is 24.3 Å². The lowest BCUT2D eigenvalue weighted by atomic mass is 9.95. The normalized spacial score (nSPS) is 15.6. The number of hydrogen-bond donors (Lipinski definition) is 2. The van der Waals surface area contributed by atoms with E-state index in [1.54, 1.807) is 45.0 Å². The predicted molar refractivity (Wildman–Crippen MR) is 125 cm³/mol. The van der Waals surface area contributed by atoms with Gasteiger partial charge in [0, 0.05) is 0 Å². The second kappa shape index (κ2) is 9.50. The Kier molecular flexibility index (Phi) is 8.49. The molecule has 172 valence electrons. The van der Waals surface area contributed by atoms with Crippen LogP contribution in [0.25, 0.3) is 0 Å². The third-order valence-electron chi connectivity index (χ3n) is 5.97. The highest BCUT2D eigenvalue weighted by molar-refractivity contribution is 7.90. The van der Waals surface area contributed by atoms with Crippen molar-refractivity contribution in [2.45, 2.75) is 89.7 Å². The molecule has 6 nitrogen and oxygen atoms in total. The molecular weight excluding hydrogens is 418 g/mol. The Labute approximate surface area is 183 Å². The van der Waals surface area contributed by atoms with Gasteiger partial charge in [0.1, 0.15) is 0 Å². The van der Waals surface area contributed by atoms with Crippen molar-refractivity contribution in [2.24, 2.45) is 0 Å². The molecule has 0 bridgehead atoms. The molecule has 1 aromatic rings. The SMILES string of the molecule is CCC(C(=O)O)c1ccc([C@@H](CO[Si](C)(C)C(C)(C)C)NS(=O)(=O)C(C)(C)C)cc1. The van der Waals surface area contributed by atoms with Crippen LogP contribution in [0.5, 0.6) is 0 Å². The Morgan fingerprint density at radius 1 is 1.07 bits per heavy atom. The maximum atomic E-state index is 12.8. The second-order valence-electron chi connectivity index (χ2n) is 10.3. The second-order valence-corrected chi connectivity index (χ2v) is 17.6. The highest BCUT2D eigenvalue weighted by Gasteiger charge is 2.39. The molecule has 2 N–H and O–H groups in total. The van der Waals surface area contributed by atoms with E-state index in [4.69, 9.17) is 4.43 Å². The average Bonchev–Trinajstić information content (AvgIpc) is 2.57. The molecule has 0 aromatic heterocycles. The van der Waals surface area contributed by atoms with Crippen molar-refractivity contribution in [2.75, 3.05) is 6.61 Å². The highest BCUT2D eigenvalue weighted by atomic mass is 32.2. The maximum absolute atomic E-state index is 12.8. The molecule has 0 aliphatic rings. The van der Waals surface area contributed by atoms with Gasteiger partial charge < -0.3 is 9.53 Å². The number of rotatable bonds is 9. The fourth-order valence-corrected chi connectivity index (χ4v) is 4.53. The van der Waals surface area contributed by atoms with Gasteiger partial charge in [0.2, 0.25) is 10.0 Å². The molecule has 2 atom stereocenters. The van der Waals surface area contributed by atoms with Crippen LogP contribution in [0, 0.1) is 0 Å². The van der Waals surface area contributed by atoms with Gasteiger partial charge in [-0.15, -0.1) is 0 Å². The van der Waals surface area contributed by atoms with Gasteiger partial charge in [-0.1, -0.05) is 52.0 Å². The van der Waals surface area contributed by atoms with Gasteiger partial charge >= 0.3 is 5.97 Å². The van der Waals surface area contributed by atoms with Crippen molar-refractivity contribution in [3.05, 3.63) is 35.4 Å². The zero-order valence-electron chi connectivity index (χ0n) is 19.9. The minimum absolute atomic E-state index is 0.000143. The molecule has 0 heterocycles. The molecule has 0 fully saturated rings. The largest absolute Gasteiger partial charge is 0.481 e. The fraction of sp³-hybridized carbons (Fsp3) is 0.682. The number of carboxylic acids is 1. The van der Waals surface area contributed by atoms with E-state index in [0.29, 0.717) is 12.0 Å². The van der Waals surface area contributed by atoms with Crippen molar-refractivity contribution < 1.29 is 22.7 Å². The van der Waals surface area contributed by atoms with Crippen molar-refractivity contribution in [3.8, 4) is 0 Å². The Hall–Kier alpha value is -1.22. The van der Waals surface area contributed by atoms with E-state index in [0.717, 1.165) is 5.56 Å². The Bertz CT molecular complexity index is 821. The summed E-state index contributed by atoms with van der Waals surface area (Å²) in [5.74, 6) is -1.44. The van der Waals surface area contributed by atoms with E-state index in [1.165, 1.54) is 0 Å². The lowest BCUT2D eigenvalue weighted by molar-refractivity contribution is -0.138. The zero-order chi connectivity index (χ0) is 23.5. The van der Waals surface area contributed by atoms with Crippen LogP contribution in [0.2, 0.25) is 18.1 Å². The van der Waals surface area contributed by atoms with Gasteiger partial charge in [-0.2, -0.15) is 0 Å². The lowest BCUT2D eigenvalue weighted by Gasteiger charge is -2.37. The van der Waals surface area contributed by atoms with E-state index in [-0.39, 0.29) is 11.6 Å². The van der Waals surface area contributed by atoms with Crippen molar-refractivity contribution in [1.82, 2.24) is 4.72 Å². The van der Waals surface area contributed by atoms with Gasteiger partial charge in [0.15, 0.2) is 8.32 Å². The summed E-state index contributed by atoms with van der Waals surface area (Å²) in [5, 5.41) is 9.39. The molecular formula is C22H39NO5SSi. The first kappa shape index (κ1) is 26.8. The van der Waals surface area contributed by atoms with Crippen LogP contribution >= 0.6 is 0 Å². The van der Waals surface area contributed by atoms with Gasteiger partial charge in [-0.05, 0) is 56.5 Å².